The molecule has 1 aromatic rings. The summed E-state index contributed by atoms with van der Waals surface area (Å²) in [6.45, 7) is 27.0. The van der Waals surface area contributed by atoms with Gasteiger partial charge in [0, 0.05) is 11.8 Å². The zero-order valence-corrected chi connectivity index (χ0v) is 44.1. The Labute approximate surface area is 375 Å². The topological polar surface area (TPSA) is 223 Å². The fourth-order valence-electron chi connectivity index (χ4n) is 5.82. The molecule has 0 radical (unpaired) electrons. The second-order valence-corrected chi connectivity index (χ2v) is 24.8. The van der Waals surface area contributed by atoms with Gasteiger partial charge in [0.15, 0.2) is 0 Å². The summed E-state index contributed by atoms with van der Waals surface area (Å²) in [5.74, 6) is 0. The van der Waals surface area contributed by atoms with E-state index in [4.69, 9.17) is 55.1 Å². The Kier molecular flexibility index (Phi) is 26.6. The molecule has 24 heteroatoms. The molecule has 0 N–H and O–H groups in total. The van der Waals surface area contributed by atoms with Crippen molar-refractivity contribution in [2.45, 2.75) is 179 Å². The van der Waals surface area contributed by atoms with E-state index in [0.29, 0.717) is 0 Å². The van der Waals surface area contributed by atoms with Gasteiger partial charge < -0.3 is 55.1 Å². The van der Waals surface area contributed by atoms with Crippen LogP contribution in [-0.2, 0) is 73.4 Å². The van der Waals surface area contributed by atoms with E-state index in [9.17, 15) is 27.8 Å². The maximum atomic E-state index is 14.7. The predicted molar refractivity (Wildman–Crippen MR) is 241 cm³/mol. The molecular formula is C39H78N2O18P4. The number of aromatic nitrogens is 2. The van der Waals surface area contributed by atoms with Gasteiger partial charge in [0.25, 0.3) is 5.56 Å². The van der Waals surface area contributed by atoms with Crippen LogP contribution >= 0.6 is 30.4 Å². The molecule has 0 atom stereocenters. The van der Waals surface area contributed by atoms with Crippen molar-refractivity contribution in [1.29, 1.82) is 0 Å². The second-order valence-electron chi connectivity index (χ2n) is 17.2. The fourth-order valence-corrected chi connectivity index (χ4v) is 13.0. The van der Waals surface area contributed by atoms with E-state index < -0.39 is 141 Å². The maximum Gasteiger partial charge on any atom is 0.356 e. The van der Waals surface area contributed by atoms with E-state index in [2.05, 4.69) is 0 Å². The first kappa shape index (κ1) is 60.1. The van der Waals surface area contributed by atoms with E-state index in [-0.39, 0.29) is 18.8 Å². The zero-order chi connectivity index (χ0) is 48.5. The lowest BCUT2D eigenvalue weighted by Gasteiger charge is -2.28. The Bertz CT molecular complexity index is 1670. The SMILES string of the molecule is Cc1cn(C(COCP(=O)(OC(C)C)OC(C)C)COCP(=O)(OC(C)C)OC(C)C)c(=O)n(C(COCP(=O)(OC(C)C)OC(C)C)COCP(=O)(OC(C)C)OC(C)C)c1=O. The molecule has 0 saturated heterocycles. The molecule has 1 aromatic heterocycles. The first-order valence-electron chi connectivity index (χ1n) is 21.4. The van der Waals surface area contributed by atoms with Gasteiger partial charge in [-0.25, -0.2) is 4.79 Å². The highest BCUT2D eigenvalue weighted by atomic mass is 31.2. The van der Waals surface area contributed by atoms with Gasteiger partial charge in [-0.2, -0.15) is 0 Å². The van der Waals surface area contributed by atoms with Crippen LogP contribution in [0.2, 0.25) is 0 Å². The van der Waals surface area contributed by atoms with Crippen molar-refractivity contribution in [3.05, 3.63) is 32.6 Å². The largest absolute Gasteiger partial charge is 0.367 e. The van der Waals surface area contributed by atoms with Gasteiger partial charge in [0.05, 0.1) is 87.3 Å². The van der Waals surface area contributed by atoms with Crippen LogP contribution < -0.4 is 11.2 Å². The number of rotatable bonds is 34. The molecule has 0 saturated carbocycles. The van der Waals surface area contributed by atoms with Gasteiger partial charge in [0.2, 0.25) is 0 Å². The number of hydrogen-bond donors (Lipinski definition) is 0. The second kappa shape index (κ2) is 27.8. The van der Waals surface area contributed by atoms with Gasteiger partial charge in [-0.15, -0.1) is 0 Å². The predicted octanol–water partition coefficient (Wildman–Crippen LogP) is 9.47. The minimum absolute atomic E-state index is 0.0902. The molecule has 372 valence electrons. The van der Waals surface area contributed by atoms with Crippen LogP contribution in [0.1, 0.15) is 128 Å². The fraction of sp³-hybridized carbons (Fsp3) is 0.897. The van der Waals surface area contributed by atoms with Crippen molar-refractivity contribution in [3.63, 3.8) is 0 Å². The smallest absolute Gasteiger partial charge is 0.356 e. The van der Waals surface area contributed by atoms with E-state index in [1.165, 1.54) is 17.7 Å². The van der Waals surface area contributed by atoms with Gasteiger partial charge >= 0.3 is 36.1 Å². The van der Waals surface area contributed by atoms with Crippen LogP contribution in [-0.4, -0.2) is 110 Å². The summed E-state index contributed by atoms with van der Waals surface area (Å²) < 4.78 is 126. The monoisotopic (exact) mass is 986 g/mol. The van der Waals surface area contributed by atoms with E-state index in [1.807, 2.05) is 0 Å². The normalized spacial score (nSPS) is 13.7. The Morgan fingerprint density at radius 2 is 0.635 bits per heavy atom. The Hall–Kier alpha value is -0.880. The highest BCUT2D eigenvalue weighted by Crippen LogP contribution is 2.53. The minimum atomic E-state index is -3.85. The average molecular weight is 987 g/mol. The lowest BCUT2D eigenvalue weighted by molar-refractivity contribution is 0.0376. The summed E-state index contributed by atoms with van der Waals surface area (Å²) in [4.78, 5) is 28.8. The van der Waals surface area contributed by atoms with Gasteiger partial charge in [-0.05, 0) is 118 Å². The molecule has 0 spiro atoms. The molecule has 0 amide bonds. The Morgan fingerprint density at radius 3 is 0.857 bits per heavy atom. The average Bonchev–Trinajstić information content (AvgIpc) is 3.06. The van der Waals surface area contributed by atoms with E-state index >= 15 is 0 Å². The molecule has 0 aliphatic heterocycles. The van der Waals surface area contributed by atoms with Gasteiger partial charge in [0.1, 0.15) is 25.4 Å². The maximum absolute atomic E-state index is 14.7. The third-order valence-corrected chi connectivity index (χ3v) is 15.2. The molecule has 0 aliphatic carbocycles. The molecule has 0 aromatic carbocycles. The standard InChI is InChI=1S/C39H78N2O18P4/c1-27(2)52-60(44,53-28(3)4)23-48-19-36(20-49-24-61(45,54-29(5)6)55-30(7)8)40-18-35(17)38(42)41(39(40)43)37(21-50-25-62(46,56-31(9)10)57-32(11)12)22-51-26-63(47,58-33(13)14)59-34(15)16/h18,27-34,36-37H,19-26H2,1-17H3. The van der Waals surface area contributed by atoms with Gasteiger partial charge in [-0.1, -0.05) is 0 Å². The van der Waals surface area contributed by atoms with Crippen LogP contribution in [0.5, 0.6) is 0 Å². The van der Waals surface area contributed by atoms with Gasteiger partial charge in [-0.3, -0.25) is 32.2 Å². The summed E-state index contributed by atoms with van der Waals surface area (Å²) in [6, 6.07) is -2.31. The van der Waals surface area contributed by atoms with E-state index in [1.54, 1.807) is 111 Å². The lowest BCUT2D eigenvalue weighted by Crippen LogP contribution is -2.47. The van der Waals surface area contributed by atoms with Crippen molar-refractivity contribution in [2.75, 3.05) is 51.8 Å². The van der Waals surface area contributed by atoms with Crippen molar-refractivity contribution >= 4 is 30.4 Å². The molecule has 63 heavy (non-hydrogen) atoms. The van der Waals surface area contributed by atoms with Crippen LogP contribution in [0.4, 0.5) is 0 Å². The van der Waals surface area contributed by atoms with E-state index in [0.717, 1.165) is 4.57 Å². The molecular weight excluding hydrogens is 908 g/mol. The van der Waals surface area contributed by atoms with Crippen LogP contribution in [0.25, 0.3) is 0 Å². The molecule has 1 rings (SSSR count). The van der Waals surface area contributed by atoms with Crippen molar-refractivity contribution in [3.8, 4) is 0 Å². The highest BCUT2D eigenvalue weighted by Gasteiger charge is 2.34. The first-order chi connectivity index (χ1) is 28.9. The zero-order valence-electron chi connectivity index (χ0n) is 40.5. The first-order valence-corrected chi connectivity index (χ1v) is 28.3. The third kappa shape index (κ3) is 23.6. The van der Waals surface area contributed by atoms with Crippen molar-refractivity contribution in [2.24, 2.45) is 0 Å². The number of aryl methyl sites for hydroxylation is 1. The lowest BCUT2D eigenvalue weighted by atomic mass is 10.2. The molecule has 0 bridgehead atoms. The summed E-state index contributed by atoms with van der Waals surface area (Å²) in [5.41, 5.74) is -1.53. The Morgan fingerprint density at radius 1 is 0.413 bits per heavy atom. The molecule has 1 heterocycles. The number of hydrogen-bond acceptors (Lipinski definition) is 18. The summed E-state index contributed by atoms with van der Waals surface area (Å²) in [5, 5.41) is 0. The van der Waals surface area contributed by atoms with Crippen molar-refractivity contribution in [1.82, 2.24) is 9.13 Å². The summed E-state index contributed by atoms with van der Waals surface area (Å²) in [7, 11) is -15.3. The molecule has 0 fully saturated rings. The molecule has 20 nitrogen and oxygen atoms in total. The van der Waals surface area contributed by atoms with Crippen LogP contribution in [0, 0.1) is 6.92 Å². The Balaban J connectivity index is 3.90. The highest BCUT2D eigenvalue weighted by molar-refractivity contribution is 7.54. The summed E-state index contributed by atoms with van der Waals surface area (Å²) >= 11 is 0. The quantitative estimate of drug-likeness (QED) is 0.0586. The third-order valence-electron chi connectivity index (χ3n) is 7.28. The number of nitrogens with zero attached hydrogens (tertiary/aromatic N) is 2. The van der Waals surface area contributed by atoms with Crippen LogP contribution in [0.15, 0.2) is 15.8 Å². The molecule has 0 unspecified atom stereocenters. The van der Waals surface area contributed by atoms with Crippen molar-refractivity contribution < 1.29 is 73.4 Å². The number of ether oxygens (including phenoxy) is 4. The van der Waals surface area contributed by atoms with Crippen LogP contribution in [0.3, 0.4) is 0 Å². The minimum Gasteiger partial charge on any atom is -0.367 e. The summed E-state index contributed by atoms with van der Waals surface area (Å²) in [6.07, 6.45) is -4.67. The molecule has 0 aliphatic rings.